The molecule has 0 aromatic rings. The molecule has 0 radical (unpaired) electrons. The second kappa shape index (κ2) is 3.53. The first-order valence-corrected chi connectivity index (χ1v) is 3.71. The topological polar surface area (TPSA) is 38.7 Å². The fraction of sp³-hybridized carbons (Fsp3) is 1.00. The van der Waals surface area contributed by atoms with Crippen molar-refractivity contribution in [3.63, 3.8) is 0 Å². The van der Waals surface area contributed by atoms with Crippen LogP contribution in [0.1, 0.15) is 0 Å². The molecule has 0 bridgehead atoms. The maximum Gasteiger partial charge on any atom is 0.110 e. The van der Waals surface area contributed by atoms with E-state index in [0.29, 0.717) is 12.5 Å². The summed E-state index contributed by atoms with van der Waals surface area (Å²) in [4.78, 5) is 0. The molecule has 1 fully saturated rings. The van der Waals surface area contributed by atoms with Gasteiger partial charge in [-0.15, -0.1) is 11.6 Å². The summed E-state index contributed by atoms with van der Waals surface area (Å²) < 4.78 is 10.0. The average Bonchev–Trinajstić information content (AvgIpc) is 2.30. The van der Waals surface area contributed by atoms with Crippen LogP contribution in [-0.4, -0.2) is 43.0 Å². The van der Waals surface area contributed by atoms with Gasteiger partial charge in [-0.05, 0) is 0 Å². The number of alkyl halides is 1. The van der Waals surface area contributed by atoms with E-state index in [1.807, 2.05) is 0 Å². The van der Waals surface area contributed by atoms with E-state index in [4.69, 9.17) is 21.1 Å². The van der Waals surface area contributed by atoms with Crippen molar-refractivity contribution in [3.8, 4) is 0 Å². The Morgan fingerprint density at radius 1 is 1.80 bits per heavy atom. The molecule has 3 nitrogen and oxygen atoms in total. The van der Waals surface area contributed by atoms with Crippen molar-refractivity contribution in [1.82, 2.24) is 0 Å². The first kappa shape index (κ1) is 8.27. The minimum absolute atomic E-state index is 0.205. The minimum atomic E-state index is -0.567. The third kappa shape index (κ3) is 1.42. The van der Waals surface area contributed by atoms with Gasteiger partial charge in [0.2, 0.25) is 0 Å². The summed E-state index contributed by atoms with van der Waals surface area (Å²) in [5.74, 6) is 0.320. The van der Waals surface area contributed by atoms with E-state index in [0.717, 1.165) is 0 Å². The van der Waals surface area contributed by atoms with Crippen LogP contribution in [0.5, 0.6) is 0 Å². The highest BCUT2D eigenvalue weighted by atomic mass is 35.5. The second-order valence-electron chi connectivity index (χ2n) is 2.29. The van der Waals surface area contributed by atoms with Gasteiger partial charge in [0, 0.05) is 7.11 Å². The van der Waals surface area contributed by atoms with E-state index < -0.39 is 6.10 Å². The molecule has 1 N–H and O–H groups in total. The number of aliphatic hydroxyl groups excluding tert-OH is 1. The van der Waals surface area contributed by atoms with Gasteiger partial charge in [0.1, 0.15) is 12.2 Å². The first-order chi connectivity index (χ1) is 4.79. The van der Waals surface area contributed by atoms with Crippen LogP contribution in [0.25, 0.3) is 0 Å². The molecule has 1 saturated heterocycles. The van der Waals surface area contributed by atoms with Gasteiger partial charge in [-0.2, -0.15) is 0 Å². The van der Waals surface area contributed by atoms with Crippen LogP contribution in [0, 0.1) is 0 Å². The van der Waals surface area contributed by atoms with Crippen molar-refractivity contribution >= 4 is 11.6 Å². The molecule has 4 heteroatoms. The van der Waals surface area contributed by atoms with E-state index in [-0.39, 0.29) is 12.2 Å². The SMILES string of the molecule is CO[C@H]1CO[C@H](CCl)[C@@H]1O. The molecule has 1 heterocycles. The summed E-state index contributed by atoms with van der Waals surface area (Å²) in [6.45, 7) is 0.440. The zero-order valence-corrected chi connectivity index (χ0v) is 6.54. The number of hydrogen-bond donors (Lipinski definition) is 1. The van der Waals surface area contributed by atoms with Crippen molar-refractivity contribution in [2.75, 3.05) is 19.6 Å². The molecule has 0 aliphatic carbocycles. The Balaban J connectivity index is 2.41. The normalized spacial score (nSPS) is 40.5. The molecule has 0 unspecified atom stereocenters. The summed E-state index contributed by atoms with van der Waals surface area (Å²) in [6, 6.07) is 0. The van der Waals surface area contributed by atoms with Gasteiger partial charge in [-0.3, -0.25) is 0 Å². The van der Waals surface area contributed by atoms with Crippen LogP contribution in [0.3, 0.4) is 0 Å². The third-order valence-corrected chi connectivity index (χ3v) is 2.00. The monoisotopic (exact) mass is 166 g/mol. The Hall–Kier alpha value is 0.170. The Bertz CT molecular complexity index is 97.2. The number of methoxy groups -OCH3 is 1. The predicted molar refractivity (Wildman–Crippen MR) is 37.3 cm³/mol. The molecule has 60 valence electrons. The van der Waals surface area contributed by atoms with Gasteiger partial charge >= 0.3 is 0 Å². The van der Waals surface area contributed by atoms with E-state index in [1.165, 1.54) is 0 Å². The van der Waals surface area contributed by atoms with Gasteiger partial charge in [0.05, 0.1) is 18.6 Å². The molecule has 0 amide bonds. The van der Waals surface area contributed by atoms with Gasteiger partial charge in [0.25, 0.3) is 0 Å². The highest BCUT2D eigenvalue weighted by Gasteiger charge is 2.35. The summed E-state index contributed by atoms with van der Waals surface area (Å²) in [5.41, 5.74) is 0. The zero-order valence-electron chi connectivity index (χ0n) is 5.79. The predicted octanol–water partition coefficient (Wildman–Crippen LogP) is -0.000100. The standard InChI is InChI=1S/C6H11ClO3/c1-9-5-3-10-4(2-7)6(5)8/h4-6,8H,2-3H2,1H3/t4-,5+,6+/m1/s1. The lowest BCUT2D eigenvalue weighted by Gasteiger charge is -2.13. The molecule has 0 saturated carbocycles. The molecule has 0 aromatic heterocycles. The minimum Gasteiger partial charge on any atom is -0.388 e. The van der Waals surface area contributed by atoms with Crippen molar-refractivity contribution in [2.45, 2.75) is 18.3 Å². The summed E-state index contributed by atoms with van der Waals surface area (Å²) in [6.07, 6.45) is -1.03. The van der Waals surface area contributed by atoms with Crippen molar-refractivity contribution in [1.29, 1.82) is 0 Å². The highest BCUT2D eigenvalue weighted by molar-refractivity contribution is 6.18. The number of ether oxygens (including phenoxy) is 2. The number of aliphatic hydroxyl groups is 1. The fourth-order valence-corrected chi connectivity index (χ4v) is 1.27. The Labute approximate surface area is 64.9 Å². The molecule has 10 heavy (non-hydrogen) atoms. The van der Waals surface area contributed by atoms with Crippen molar-refractivity contribution in [3.05, 3.63) is 0 Å². The maximum absolute atomic E-state index is 9.31. The van der Waals surface area contributed by atoms with E-state index in [1.54, 1.807) is 7.11 Å². The number of rotatable bonds is 2. The number of hydrogen-bond acceptors (Lipinski definition) is 3. The maximum atomic E-state index is 9.31. The van der Waals surface area contributed by atoms with Gasteiger partial charge in [-0.25, -0.2) is 0 Å². The summed E-state index contributed by atoms with van der Waals surface area (Å²) >= 11 is 5.48. The van der Waals surface area contributed by atoms with Crippen LogP contribution in [0.4, 0.5) is 0 Å². The second-order valence-corrected chi connectivity index (χ2v) is 2.60. The molecule has 0 aromatic carbocycles. The van der Waals surface area contributed by atoms with Crippen LogP contribution < -0.4 is 0 Å². The smallest absolute Gasteiger partial charge is 0.110 e. The van der Waals surface area contributed by atoms with E-state index >= 15 is 0 Å². The Morgan fingerprint density at radius 2 is 2.50 bits per heavy atom. The average molecular weight is 167 g/mol. The van der Waals surface area contributed by atoms with Crippen molar-refractivity contribution < 1.29 is 14.6 Å². The molecular formula is C6H11ClO3. The molecule has 3 atom stereocenters. The van der Waals surface area contributed by atoms with Gasteiger partial charge in [-0.1, -0.05) is 0 Å². The van der Waals surface area contributed by atoms with Crippen LogP contribution in [-0.2, 0) is 9.47 Å². The zero-order chi connectivity index (χ0) is 7.56. The lowest BCUT2D eigenvalue weighted by molar-refractivity contribution is 0.00995. The van der Waals surface area contributed by atoms with Gasteiger partial charge < -0.3 is 14.6 Å². The molecule has 1 rings (SSSR count). The molecular weight excluding hydrogens is 156 g/mol. The fourth-order valence-electron chi connectivity index (χ4n) is 0.998. The van der Waals surface area contributed by atoms with Crippen LogP contribution >= 0.6 is 11.6 Å². The Kier molecular flexibility index (Phi) is 2.92. The van der Waals surface area contributed by atoms with E-state index in [2.05, 4.69) is 0 Å². The lowest BCUT2D eigenvalue weighted by Crippen LogP contribution is -2.32. The highest BCUT2D eigenvalue weighted by Crippen LogP contribution is 2.17. The van der Waals surface area contributed by atoms with E-state index in [9.17, 15) is 5.11 Å². The van der Waals surface area contributed by atoms with Crippen molar-refractivity contribution in [2.24, 2.45) is 0 Å². The Morgan fingerprint density at radius 3 is 2.80 bits per heavy atom. The third-order valence-electron chi connectivity index (χ3n) is 1.69. The largest absolute Gasteiger partial charge is 0.388 e. The van der Waals surface area contributed by atoms with Crippen LogP contribution in [0.2, 0.25) is 0 Å². The van der Waals surface area contributed by atoms with Crippen LogP contribution in [0.15, 0.2) is 0 Å². The number of halogens is 1. The lowest BCUT2D eigenvalue weighted by atomic mass is 10.2. The quantitative estimate of drug-likeness (QED) is 0.587. The van der Waals surface area contributed by atoms with Gasteiger partial charge in [0.15, 0.2) is 0 Å². The molecule has 1 aliphatic rings. The first-order valence-electron chi connectivity index (χ1n) is 3.18. The molecule has 0 spiro atoms. The molecule has 1 aliphatic heterocycles. The summed E-state index contributed by atoms with van der Waals surface area (Å²) in [5, 5.41) is 9.31. The summed E-state index contributed by atoms with van der Waals surface area (Å²) in [7, 11) is 1.55.